The molecule has 0 aromatic heterocycles. The van der Waals surface area contributed by atoms with Gasteiger partial charge in [-0.15, -0.1) is 12.4 Å². The molecule has 0 aliphatic heterocycles. The first-order valence-corrected chi connectivity index (χ1v) is 5.23. The van der Waals surface area contributed by atoms with Gasteiger partial charge < -0.3 is 4.84 Å². The van der Waals surface area contributed by atoms with Gasteiger partial charge in [0.25, 0.3) is 0 Å². The van der Waals surface area contributed by atoms with Crippen molar-refractivity contribution in [3.8, 4) is 0 Å². The molecule has 0 aliphatic carbocycles. The first kappa shape index (κ1) is 14.9. The van der Waals surface area contributed by atoms with Crippen molar-refractivity contribution in [1.29, 1.82) is 0 Å². The Morgan fingerprint density at radius 1 is 1.25 bits per heavy atom. The van der Waals surface area contributed by atoms with Crippen LogP contribution in [-0.2, 0) is 16.1 Å². The molecule has 0 aliphatic rings. The van der Waals surface area contributed by atoms with Crippen LogP contribution in [0.3, 0.4) is 0 Å². The van der Waals surface area contributed by atoms with Crippen LogP contribution >= 0.6 is 12.4 Å². The van der Waals surface area contributed by atoms with Crippen molar-refractivity contribution in [2.75, 3.05) is 6.54 Å². The maximum atomic E-state index is 10.4. The van der Waals surface area contributed by atoms with Gasteiger partial charge in [-0.3, -0.25) is 4.79 Å². The van der Waals surface area contributed by atoms with Gasteiger partial charge in [0, 0.05) is 13.5 Å². The van der Waals surface area contributed by atoms with Gasteiger partial charge in [0.15, 0.2) is 0 Å². The summed E-state index contributed by atoms with van der Waals surface area (Å²) in [5.74, 6) is -0.293. The van der Waals surface area contributed by atoms with Gasteiger partial charge in [-0.1, -0.05) is 30.3 Å². The highest BCUT2D eigenvalue weighted by molar-refractivity contribution is 5.85. The highest BCUT2D eigenvalue weighted by Crippen LogP contribution is 2.03. The van der Waals surface area contributed by atoms with E-state index in [2.05, 4.69) is 22.5 Å². The first-order valence-electron chi connectivity index (χ1n) is 5.23. The molecule has 16 heavy (non-hydrogen) atoms. The van der Waals surface area contributed by atoms with E-state index >= 15 is 0 Å². The summed E-state index contributed by atoms with van der Waals surface area (Å²) < 4.78 is 0. The maximum absolute atomic E-state index is 10.4. The van der Waals surface area contributed by atoms with Crippen LogP contribution in [0.1, 0.15) is 25.3 Å². The number of carbonyl (C=O) groups excluding carboxylic acids is 1. The number of unbranched alkanes of at least 4 members (excludes halogenated alkanes) is 1. The Balaban J connectivity index is 0.00000225. The van der Waals surface area contributed by atoms with Crippen LogP contribution in [0.4, 0.5) is 0 Å². The molecule has 0 unspecified atom stereocenters. The number of halogens is 1. The average molecular weight is 244 g/mol. The summed E-state index contributed by atoms with van der Waals surface area (Å²) in [7, 11) is 0. The molecule has 1 aromatic carbocycles. The summed E-state index contributed by atoms with van der Waals surface area (Å²) in [5.41, 5.74) is 3.97. The molecule has 0 heterocycles. The quantitative estimate of drug-likeness (QED) is 0.616. The Morgan fingerprint density at radius 3 is 2.56 bits per heavy atom. The Kier molecular flexibility index (Phi) is 8.58. The lowest BCUT2D eigenvalue weighted by atomic mass is 10.1. The SMILES string of the molecule is CC(=O)ONCCCCc1ccccc1.Cl. The summed E-state index contributed by atoms with van der Waals surface area (Å²) >= 11 is 0. The van der Waals surface area contributed by atoms with E-state index in [4.69, 9.17) is 0 Å². The highest BCUT2D eigenvalue weighted by atomic mass is 35.5. The maximum Gasteiger partial charge on any atom is 0.321 e. The van der Waals surface area contributed by atoms with Gasteiger partial charge in [0.05, 0.1) is 0 Å². The topological polar surface area (TPSA) is 38.3 Å². The summed E-state index contributed by atoms with van der Waals surface area (Å²) in [6.45, 7) is 2.10. The summed E-state index contributed by atoms with van der Waals surface area (Å²) in [5, 5.41) is 0. The van der Waals surface area contributed by atoms with Crippen molar-refractivity contribution >= 4 is 18.4 Å². The van der Waals surface area contributed by atoms with Crippen molar-refractivity contribution in [3.63, 3.8) is 0 Å². The minimum Gasteiger partial charge on any atom is -0.371 e. The summed E-state index contributed by atoms with van der Waals surface area (Å²) in [4.78, 5) is 15.0. The predicted octanol–water partition coefficient (Wildman–Crippen LogP) is 2.50. The monoisotopic (exact) mass is 243 g/mol. The second-order valence-electron chi connectivity index (χ2n) is 3.43. The fourth-order valence-electron chi connectivity index (χ4n) is 1.32. The highest BCUT2D eigenvalue weighted by Gasteiger charge is 1.94. The van der Waals surface area contributed by atoms with E-state index in [-0.39, 0.29) is 18.4 Å². The number of aryl methyl sites for hydroxylation is 1. The van der Waals surface area contributed by atoms with Crippen LogP contribution in [0, 0.1) is 0 Å². The van der Waals surface area contributed by atoms with Gasteiger partial charge >= 0.3 is 5.97 Å². The second-order valence-corrected chi connectivity index (χ2v) is 3.43. The predicted molar refractivity (Wildman–Crippen MR) is 66.4 cm³/mol. The Labute approximate surface area is 103 Å². The van der Waals surface area contributed by atoms with Gasteiger partial charge in [-0.2, -0.15) is 5.48 Å². The van der Waals surface area contributed by atoms with Crippen molar-refractivity contribution in [2.24, 2.45) is 0 Å². The number of hydrogen-bond donors (Lipinski definition) is 1. The van der Waals surface area contributed by atoms with Crippen LogP contribution in [0.25, 0.3) is 0 Å². The lowest BCUT2D eigenvalue weighted by Gasteiger charge is -2.03. The van der Waals surface area contributed by atoms with E-state index in [9.17, 15) is 4.79 Å². The molecule has 4 heteroatoms. The number of carbonyl (C=O) groups is 1. The second kappa shape index (κ2) is 9.19. The normalized spacial score (nSPS) is 9.31. The first-order chi connectivity index (χ1) is 7.29. The zero-order valence-corrected chi connectivity index (χ0v) is 10.3. The molecule has 90 valence electrons. The molecule has 0 spiro atoms. The standard InChI is InChI=1S/C12H17NO2.ClH/c1-11(14)15-13-10-6-5-9-12-7-3-2-4-8-12;/h2-4,7-8,13H,5-6,9-10H2,1H3;1H. The lowest BCUT2D eigenvalue weighted by Crippen LogP contribution is -2.19. The fourth-order valence-corrected chi connectivity index (χ4v) is 1.32. The van der Waals surface area contributed by atoms with E-state index in [1.165, 1.54) is 12.5 Å². The van der Waals surface area contributed by atoms with Crippen LogP contribution in [0.5, 0.6) is 0 Å². The smallest absolute Gasteiger partial charge is 0.321 e. The molecular formula is C12H18ClNO2. The third kappa shape index (κ3) is 7.26. The van der Waals surface area contributed by atoms with Gasteiger partial charge in [-0.05, 0) is 24.8 Å². The third-order valence-corrected chi connectivity index (χ3v) is 2.05. The minimum atomic E-state index is -0.293. The lowest BCUT2D eigenvalue weighted by molar-refractivity contribution is -0.148. The van der Waals surface area contributed by atoms with Crippen molar-refractivity contribution in [3.05, 3.63) is 35.9 Å². The largest absolute Gasteiger partial charge is 0.371 e. The summed E-state index contributed by atoms with van der Waals surface area (Å²) in [6.07, 6.45) is 3.17. The molecule has 1 rings (SSSR count). The Morgan fingerprint density at radius 2 is 1.94 bits per heavy atom. The molecule has 1 aromatic rings. The van der Waals surface area contributed by atoms with E-state index in [1.807, 2.05) is 18.2 Å². The van der Waals surface area contributed by atoms with Crippen molar-refractivity contribution in [1.82, 2.24) is 5.48 Å². The van der Waals surface area contributed by atoms with E-state index < -0.39 is 0 Å². The van der Waals surface area contributed by atoms with E-state index in [0.29, 0.717) is 6.54 Å². The Hall–Kier alpha value is -1.06. The zero-order chi connectivity index (χ0) is 10.9. The molecule has 0 atom stereocenters. The molecule has 0 radical (unpaired) electrons. The molecule has 0 saturated heterocycles. The number of rotatable bonds is 6. The molecule has 0 fully saturated rings. The van der Waals surface area contributed by atoms with Gasteiger partial charge in [-0.25, -0.2) is 0 Å². The number of benzene rings is 1. The minimum absolute atomic E-state index is 0. The molecule has 3 nitrogen and oxygen atoms in total. The third-order valence-electron chi connectivity index (χ3n) is 2.05. The molecule has 1 N–H and O–H groups in total. The molecular weight excluding hydrogens is 226 g/mol. The zero-order valence-electron chi connectivity index (χ0n) is 9.44. The molecule has 0 bridgehead atoms. The molecule has 0 saturated carbocycles. The van der Waals surface area contributed by atoms with Gasteiger partial charge in [0.1, 0.15) is 0 Å². The van der Waals surface area contributed by atoms with Crippen molar-refractivity contribution < 1.29 is 9.63 Å². The van der Waals surface area contributed by atoms with Gasteiger partial charge in [0.2, 0.25) is 0 Å². The number of hydrogen-bond acceptors (Lipinski definition) is 3. The Bertz CT molecular complexity index is 290. The summed E-state index contributed by atoms with van der Waals surface area (Å²) in [6, 6.07) is 10.4. The number of hydroxylamine groups is 1. The fraction of sp³-hybridized carbons (Fsp3) is 0.417. The average Bonchev–Trinajstić information content (AvgIpc) is 2.24. The number of nitrogens with one attached hydrogen (secondary N) is 1. The van der Waals surface area contributed by atoms with Crippen LogP contribution < -0.4 is 5.48 Å². The van der Waals surface area contributed by atoms with Crippen molar-refractivity contribution in [2.45, 2.75) is 26.2 Å². The van der Waals surface area contributed by atoms with Crippen LogP contribution in [0.15, 0.2) is 30.3 Å². The van der Waals surface area contributed by atoms with Crippen LogP contribution in [-0.4, -0.2) is 12.5 Å². The van der Waals surface area contributed by atoms with Crippen LogP contribution in [0.2, 0.25) is 0 Å². The van der Waals surface area contributed by atoms with E-state index in [1.54, 1.807) is 0 Å². The molecule has 0 amide bonds. The van der Waals surface area contributed by atoms with E-state index in [0.717, 1.165) is 19.3 Å².